The summed E-state index contributed by atoms with van der Waals surface area (Å²) >= 11 is 0. The summed E-state index contributed by atoms with van der Waals surface area (Å²) in [6.45, 7) is 6.82. The fourth-order valence-corrected chi connectivity index (χ4v) is 1.62. The first-order valence-electron chi connectivity index (χ1n) is 5.99. The van der Waals surface area contributed by atoms with Crippen molar-refractivity contribution in [3.63, 3.8) is 0 Å². The topological polar surface area (TPSA) is 105 Å². The maximum Gasteiger partial charge on any atom is 0.264 e. The van der Waals surface area contributed by atoms with Gasteiger partial charge in [0, 0.05) is 34.2 Å². The van der Waals surface area contributed by atoms with Gasteiger partial charge in [0.25, 0.3) is 5.91 Å². The van der Waals surface area contributed by atoms with E-state index in [1.54, 1.807) is 6.08 Å². The predicted molar refractivity (Wildman–Crippen MR) is 75.3 cm³/mol. The average molecular weight is 258 g/mol. The first-order chi connectivity index (χ1) is 8.50. The standard InChI is InChI=1S/C11H20N4O.CH4O.H2/c1-8(2)15-5-3-4-14-9(7-15)6-10(12)11(13)16;1-2;/h6,8H,3-5,7,12H2,1-2H3,(H2,13,16);2H,1H3;1H/b10-6-;;. The summed E-state index contributed by atoms with van der Waals surface area (Å²) in [5, 5.41) is 7.00. The Hall–Kier alpha value is -1.40. The zero-order chi connectivity index (χ0) is 14.1. The second-order valence-electron chi connectivity index (χ2n) is 4.25. The molecule has 0 aliphatic carbocycles. The van der Waals surface area contributed by atoms with Gasteiger partial charge in [-0.15, -0.1) is 0 Å². The highest BCUT2D eigenvalue weighted by atomic mass is 16.2. The molecule has 1 heterocycles. The van der Waals surface area contributed by atoms with Gasteiger partial charge in [-0.25, -0.2) is 0 Å². The zero-order valence-corrected chi connectivity index (χ0v) is 11.4. The molecule has 0 spiro atoms. The lowest BCUT2D eigenvalue weighted by atomic mass is 10.2. The lowest BCUT2D eigenvalue weighted by molar-refractivity contribution is -0.114. The zero-order valence-electron chi connectivity index (χ0n) is 11.4. The minimum atomic E-state index is -0.594. The van der Waals surface area contributed by atoms with Crippen molar-refractivity contribution in [3.05, 3.63) is 11.8 Å². The number of aliphatic hydroxyl groups is 1. The van der Waals surface area contributed by atoms with Crippen molar-refractivity contribution < 1.29 is 11.3 Å². The lowest BCUT2D eigenvalue weighted by Crippen LogP contribution is -2.35. The van der Waals surface area contributed by atoms with Gasteiger partial charge in [0.1, 0.15) is 0 Å². The van der Waals surface area contributed by atoms with Gasteiger partial charge in [0.15, 0.2) is 0 Å². The molecule has 1 aliphatic heterocycles. The molecule has 0 aromatic heterocycles. The van der Waals surface area contributed by atoms with Crippen LogP contribution in [0.1, 0.15) is 21.7 Å². The van der Waals surface area contributed by atoms with Gasteiger partial charge in [0.05, 0.1) is 11.4 Å². The van der Waals surface area contributed by atoms with E-state index in [1.165, 1.54) is 0 Å². The van der Waals surface area contributed by atoms with Gasteiger partial charge < -0.3 is 16.6 Å². The Bertz CT molecular complexity index is 330. The monoisotopic (exact) mass is 258 g/mol. The molecule has 6 heteroatoms. The predicted octanol–water partition coefficient (Wildman–Crippen LogP) is -0.276. The normalized spacial score (nSPS) is 17.6. The van der Waals surface area contributed by atoms with Crippen LogP contribution in [0.4, 0.5) is 0 Å². The summed E-state index contributed by atoms with van der Waals surface area (Å²) in [5.74, 6) is -0.594. The van der Waals surface area contributed by atoms with Gasteiger partial charge in [0.2, 0.25) is 0 Å². The Balaban J connectivity index is 0. The summed E-state index contributed by atoms with van der Waals surface area (Å²) in [5.41, 5.74) is 11.5. The summed E-state index contributed by atoms with van der Waals surface area (Å²) < 4.78 is 0. The first kappa shape index (κ1) is 16.6. The van der Waals surface area contributed by atoms with Crippen molar-refractivity contribution >= 4 is 11.6 Å². The summed E-state index contributed by atoms with van der Waals surface area (Å²) in [7, 11) is 1.00. The van der Waals surface area contributed by atoms with E-state index in [2.05, 4.69) is 23.7 Å². The molecule has 0 bridgehead atoms. The SMILES string of the molecule is CC(C)N1CCCN=C(/C=C(\N)C(N)=O)C1.CO.[HH]. The number of nitrogens with two attached hydrogens (primary N) is 2. The molecule has 0 saturated heterocycles. The number of amides is 1. The second kappa shape index (κ2) is 8.66. The molecule has 0 atom stereocenters. The highest BCUT2D eigenvalue weighted by molar-refractivity contribution is 6.03. The van der Waals surface area contributed by atoms with Crippen LogP contribution >= 0.6 is 0 Å². The average Bonchev–Trinajstić information content (AvgIpc) is 2.57. The summed E-state index contributed by atoms with van der Waals surface area (Å²) in [4.78, 5) is 17.5. The van der Waals surface area contributed by atoms with Crippen LogP contribution in [0.2, 0.25) is 0 Å². The van der Waals surface area contributed by atoms with Crippen LogP contribution in [-0.2, 0) is 4.79 Å². The Labute approximate surface area is 110 Å². The van der Waals surface area contributed by atoms with Crippen LogP contribution in [0, 0.1) is 0 Å². The third-order valence-electron chi connectivity index (χ3n) is 2.62. The molecule has 1 rings (SSSR count). The molecule has 106 valence electrons. The van der Waals surface area contributed by atoms with Crippen molar-refractivity contribution in [2.45, 2.75) is 26.3 Å². The van der Waals surface area contributed by atoms with E-state index in [0.717, 1.165) is 38.9 Å². The molecule has 0 aromatic rings. The fraction of sp³-hybridized carbons (Fsp3) is 0.667. The number of primary amides is 1. The van der Waals surface area contributed by atoms with Gasteiger partial charge in [-0.1, -0.05) is 0 Å². The maximum atomic E-state index is 10.8. The van der Waals surface area contributed by atoms with Crippen LogP contribution < -0.4 is 11.5 Å². The van der Waals surface area contributed by atoms with Crippen LogP contribution in [0.15, 0.2) is 16.8 Å². The minimum absolute atomic E-state index is 0. The van der Waals surface area contributed by atoms with Crippen LogP contribution in [0.5, 0.6) is 0 Å². The molecule has 1 amide bonds. The molecule has 0 fully saturated rings. The van der Waals surface area contributed by atoms with E-state index < -0.39 is 5.91 Å². The number of nitrogens with zero attached hydrogens (tertiary/aromatic N) is 2. The number of carbonyl (C=O) groups is 1. The van der Waals surface area contributed by atoms with Gasteiger partial charge in [-0.05, 0) is 26.3 Å². The molecule has 0 radical (unpaired) electrons. The Kier molecular flexibility index (Phi) is 7.98. The van der Waals surface area contributed by atoms with Crippen molar-refractivity contribution in [1.29, 1.82) is 0 Å². The maximum absolute atomic E-state index is 10.8. The lowest BCUT2D eigenvalue weighted by Gasteiger charge is -2.24. The van der Waals surface area contributed by atoms with Crippen LogP contribution in [0.3, 0.4) is 0 Å². The highest BCUT2D eigenvalue weighted by Gasteiger charge is 2.14. The van der Waals surface area contributed by atoms with Crippen molar-refractivity contribution in [1.82, 2.24) is 4.90 Å². The summed E-state index contributed by atoms with van der Waals surface area (Å²) in [6.07, 6.45) is 2.62. The molecule has 0 aromatic carbocycles. The smallest absolute Gasteiger partial charge is 0.264 e. The summed E-state index contributed by atoms with van der Waals surface area (Å²) in [6, 6.07) is 0.464. The largest absolute Gasteiger partial charge is 0.400 e. The van der Waals surface area contributed by atoms with Crippen molar-refractivity contribution in [2.24, 2.45) is 16.5 Å². The second-order valence-corrected chi connectivity index (χ2v) is 4.25. The highest BCUT2D eigenvalue weighted by Crippen LogP contribution is 2.05. The molecular weight excluding hydrogens is 232 g/mol. The number of hydrogen-bond donors (Lipinski definition) is 3. The van der Waals surface area contributed by atoms with Crippen molar-refractivity contribution in [3.8, 4) is 0 Å². The van der Waals surface area contributed by atoms with Gasteiger partial charge in [-0.2, -0.15) is 0 Å². The van der Waals surface area contributed by atoms with Gasteiger partial charge >= 0.3 is 0 Å². The van der Waals surface area contributed by atoms with E-state index in [0.29, 0.717) is 6.04 Å². The minimum Gasteiger partial charge on any atom is -0.400 e. The molecule has 1 aliphatic rings. The number of carbonyl (C=O) groups excluding carboxylic acids is 1. The van der Waals surface area contributed by atoms with E-state index in [1.807, 2.05) is 0 Å². The fourth-order valence-electron chi connectivity index (χ4n) is 1.62. The van der Waals surface area contributed by atoms with Crippen LogP contribution in [0.25, 0.3) is 0 Å². The Morgan fingerprint density at radius 3 is 2.61 bits per heavy atom. The van der Waals surface area contributed by atoms with E-state index in [-0.39, 0.29) is 7.12 Å². The third kappa shape index (κ3) is 5.79. The van der Waals surface area contributed by atoms with Crippen LogP contribution in [-0.4, -0.2) is 54.4 Å². The Morgan fingerprint density at radius 2 is 2.11 bits per heavy atom. The molecule has 5 N–H and O–H groups in total. The number of aliphatic hydroxyl groups excluding tert-OH is 1. The number of aliphatic imine (C=N–C) groups is 1. The first-order valence-corrected chi connectivity index (χ1v) is 5.99. The third-order valence-corrected chi connectivity index (χ3v) is 2.62. The molecule has 6 nitrogen and oxygen atoms in total. The number of hydrogen-bond acceptors (Lipinski definition) is 5. The quantitative estimate of drug-likeness (QED) is 0.606. The molecular formula is C12H26N4O2. The molecule has 0 saturated carbocycles. The van der Waals surface area contributed by atoms with E-state index in [4.69, 9.17) is 16.6 Å². The molecule has 0 unspecified atom stereocenters. The van der Waals surface area contributed by atoms with Gasteiger partial charge in [-0.3, -0.25) is 14.7 Å². The molecule has 18 heavy (non-hydrogen) atoms. The van der Waals surface area contributed by atoms with E-state index in [9.17, 15) is 4.79 Å². The number of rotatable bonds is 3. The van der Waals surface area contributed by atoms with E-state index >= 15 is 0 Å². The Morgan fingerprint density at radius 1 is 1.50 bits per heavy atom. The van der Waals surface area contributed by atoms with Crippen molar-refractivity contribution in [2.75, 3.05) is 26.7 Å².